The van der Waals surface area contributed by atoms with E-state index in [1.807, 2.05) is 0 Å². The van der Waals surface area contributed by atoms with Gasteiger partial charge in [-0.05, 0) is 36.4 Å². The minimum Gasteiger partial charge on any atom is -0.287 e. The molecule has 1 fully saturated rings. The minimum atomic E-state index is -0.960. The van der Waals surface area contributed by atoms with E-state index in [9.17, 15) is 18.8 Å². The smallest absolute Gasteiger partial charge is 0.265 e. The maximum absolute atomic E-state index is 13.2. The molecular formula is C17H12Cl2FN3O3. The molecule has 3 amide bonds. The first-order valence-corrected chi connectivity index (χ1v) is 8.25. The average Bonchev–Trinajstić information content (AvgIpc) is 2.85. The molecule has 9 heteroatoms. The summed E-state index contributed by atoms with van der Waals surface area (Å²) < 4.78 is 13.2. The largest absolute Gasteiger partial charge is 0.287 e. The van der Waals surface area contributed by atoms with Crippen LogP contribution in [-0.2, 0) is 9.59 Å². The number of amides is 3. The van der Waals surface area contributed by atoms with Gasteiger partial charge >= 0.3 is 0 Å². The molecule has 1 aliphatic rings. The number of carbonyl (C=O) groups excluding carboxylic acids is 3. The normalized spacial score (nSPS) is 16.9. The van der Waals surface area contributed by atoms with Crippen LogP contribution in [-0.4, -0.2) is 23.8 Å². The Labute approximate surface area is 157 Å². The molecule has 0 aliphatic carbocycles. The number of carbonyl (C=O) groups is 3. The number of hydrogen-bond acceptors (Lipinski definition) is 4. The molecule has 2 aromatic rings. The third kappa shape index (κ3) is 3.85. The van der Waals surface area contributed by atoms with Crippen LogP contribution in [0.15, 0.2) is 42.5 Å². The highest BCUT2D eigenvalue weighted by Gasteiger charge is 2.40. The van der Waals surface area contributed by atoms with Crippen LogP contribution in [0, 0.1) is 5.82 Å². The van der Waals surface area contributed by atoms with Crippen LogP contribution >= 0.6 is 23.2 Å². The molecule has 134 valence electrons. The van der Waals surface area contributed by atoms with Gasteiger partial charge in [-0.25, -0.2) is 14.7 Å². The first-order valence-electron chi connectivity index (χ1n) is 7.49. The number of hydrogen-bond donors (Lipinski definition) is 2. The van der Waals surface area contributed by atoms with Crippen molar-refractivity contribution in [3.63, 3.8) is 0 Å². The van der Waals surface area contributed by atoms with Gasteiger partial charge in [-0.3, -0.25) is 19.8 Å². The van der Waals surface area contributed by atoms with E-state index in [1.165, 1.54) is 36.4 Å². The van der Waals surface area contributed by atoms with Gasteiger partial charge in [0.15, 0.2) is 0 Å². The van der Waals surface area contributed by atoms with E-state index < -0.39 is 29.6 Å². The van der Waals surface area contributed by atoms with Crippen LogP contribution in [0.25, 0.3) is 0 Å². The minimum absolute atomic E-state index is 0.0766. The summed E-state index contributed by atoms with van der Waals surface area (Å²) in [6, 6.07) is 8.47. The fourth-order valence-electron chi connectivity index (χ4n) is 2.54. The van der Waals surface area contributed by atoms with Gasteiger partial charge in [0.25, 0.3) is 11.8 Å². The van der Waals surface area contributed by atoms with Gasteiger partial charge in [0, 0.05) is 15.6 Å². The zero-order valence-electron chi connectivity index (χ0n) is 13.1. The fourth-order valence-corrected chi connectivity index (χ4v) is 3.05. The molecule has 0 bridgehead atoms. The maximum Gasteiger partial charge on any atom is 0.265 e. The molecule has 1 aliphatic heterocycles. The Kier molecular flexibility index (Phi) is 5.22. The van der Waals surface area contributed by atoms with Crippen molar-refractivity contribution in [3.05, 3.63) is 63.9 Å². The Hall–Kier alpha value is -2.48. The van der Waals surface area contributed by atoms with Crippen LogP contribution in [0.5, 0.6) is 0 Å². The standard InChI is InChI=1S/C17H12Cl2FN3O3/c18-10-5-11(19)7-13(6-10)23-15(24)8-14(17(23)26)21-22-16(25)9-2-1-3-12(20)4-9/h1-7,14,21H,8H2,(H,22,25). The molecule has 1 saturated heterocycles. The summed E-state index contributed by atoms with van der Waals surface area (Å²) in [6.45, 7) is 0. The van der Waals surface area contributed by atoms with Gasteiger partial charge in [0.2, 0.25) is 5.91 Å². The monoisotopic (exact) mass is 395 g/mol. The predicted octanol–water partition coefficient (Wildman–Crippen LogP) is 2.70. The average molecular weight is 396 g/mol. The highest BCUT2D eigenvalue weighted by Crippen LogP contribution is 2.29. The first kappa shape index (κ1) is 18.3. The van der Waals surface area contributed by atoms with Crippen molar-refractivity contribution in [1.82, 2.24) is 10.9 Å². The fraction of sp³-hybridized carbons (Fsp3) is 0.118. The SMILES string of the molecule is O=C(NNC1CC(=O)N(c2cc(Cl)cc(Cl)c2)C1=O)c1cccc(F)c1. The third-order valence-corrected chi connectivity index (χ3v) is 4.14. The van der Waals surface area contributed by atoms with Crippen LogP contribution in [0.1, 0.15) is 16.8 Å². The zero-order chi connectivity index (χ0) is 18.8. The van der Waals surface area contributed by atoms with Gasteiger partial charge in [0.05, 0.1) is 12.1 Å². The summed E-state index contributed by atoms with van der Waals surface area (Å²) in [7, 11) is 0. The summed E-state index contributed by atoms with van der Waals surface area (Å²) in [6.07, 6.45) is -0.160. The lowest BCUT2D eigenvalue weighted by molar-refractivity contribution is -0.121. The van der Waals surface area contributed by atoms with Crippen LogP contribution in [0.3, 0.4) is 0 Å². The number of halogens is 3. The lowest BCUT2D eigenvalue weighted by Gasteiger charge is -2.16. The van der Waals surface area contributed by atoms with E-state index in [0.29, 0.717) is 0 Å². The number of hydrazine groups is 1. The number of nitrogens with one attached hydrogen (secondary N) is 2. The molecular weight excluding hydrogens is 384 g/mol. The molecule has 6 nitrogen and oxygen atoms in total. The molecule has 1 unspecified atom stereocenters. The molecule has 0 radical (unpaired) electrons. The van der Waals surface area contributed by atoms with Gasteiger partial charge in [-0.1, -0.05) is 29.3 Å². The molecule has 26 heavy (non-hydrogen) atoms. The van der Waals surface area contributed by atoms with Crippen molar-refractivity contribution in [2.45, 2.75) is 12.5 Å². The Morgan fingerprint density at radius 3 is 2.46 bits per heavy atom. The summed E-state index contributed by atoms with van der Waals surface area (Å²) in [4.78, 5) is 37.6. The lowest BCUT2D eigenvalue weighted by Crippen LogP contribution is -2.48. The highest BCUT2D eigenvalue weighted by atomic mass is 35.5. The van der Waals surface area contributed by atoms with Crippen LogP contribution in [0.4, 0.5) is 10.1 Å². The number of nitrogens with zero attached hydrogens (tertiary/aromatic N) is 1. The van der Waals surface area contributed by atoms with E-state index in [0.717, 1.165) is 11.0 Å². The van der Waals surface area contributed by atoms with Crippen molar-refractivity contribution >= 4 is 46.6 Å². The molecule has 2 N–H and O–H groups in total. The second-order valence-electron chi connectivity index (χ2n) is 5.56. The lowest BCUT2D eigenvalue weighted by atomic mass is 10.2. The van der Waals surface area contributed by atoms with Crippen LogP contribution < -0.4 is 15.8 Å². The van der Waals surface area contributed by atoms with Crippen LogP contribution in [0.2, 0.25) is 10.0 Å². The third-order valence-electron chi connectivity index (χ3n) is 3.70. The topological polar surface area (TPSA) is 78.5 Å². The molecule has 2 aromatic carbocycles. The summed E-state index contributed by atoms with van der Waals surface area (Å²) >= 11 is 11.8. The van der Waals surface area contributed by atoms with Crippen molar-refractivity contribution in [3.8, 4) is 0 Å². The molecule has 0 aromatic heterocycles. The number of imide groups is 1. The van der Waals surface area contributed by atoms with Crippen molar-refractivity contribution in [2.24, 2.45) is 0 Å². The Bertz CT molecular complexity index is 886. The molecule has 0 saturated carbocycles. The second kappa shape index (κ2) is 7.41. The Morgan fingerprint density at radius 1 is 1.12 bits per heavy atom. The molecule has 0 spiro atoms. The van der Waals surface area contributed by atoms with E-state index in [1.54, 1.807) is 0 Å². The summed E-state index contributed by atoms with van der Waals surface area (Å²) in [5.74, 6) is -2.22. The van der Waals surface area contributed by atoms with Gasteiger partial charge in [0.1, 0.15) is 11.9 Å². The molecule has 3 rings (SSSR count). The number of anilines is 1. The molecule has 1 atom stereocenters. The predicted molar refractivity (Wildman–Crippen MR) is 94.4 cm³/mol. The Balaban J connectivity index is 1.70. The molecule has 1 heterocycles. The summed E-state index contributed by atoms with van der Waals surface area (Å²) in [5.41, 5.74) is 5.14. The van der Waals surface area contributed by atoms with Crippen molar-refractivity contribution in [2.75, 3.05) is 4.90 Å². The number of rotatable bonds is 4. The second-order valence-corrected chi connectivity index (χ2v) is 6.43. The van der Waals surface area contributed by atoms with Gasteiger partial charge < -0.3 is 0 Å². The Morgan fingerprint density at radius 2 is 1.81 bits per heavy atom. The van der Waals surface area contributed by atoms with Gasteiger partial charge in [-0.15, -0.1) is 0 Å². The number of benzene rings is 2. The van der Waals surface area contributed by atoms with E-state index in [4.69, 9.17) is 23.2 Å². The first-order chi connectivity index (χ1) is 12.3. The van der Waals surface area contributed by atoms with E-state index >= 15 is 0 Å². The maximum atomic E-state index is 13.2. The van der Waals surface area contributed by atoms with E-state index in [-0.39, 0.29) is 27.7 Å². The highest BCUT2D eigenvalue weighted by molar-refractivity contribution is 6.35. The quantitative estimate of drug-likeness (QED) is 0.616. The van der Waals surface area contributed by atoms with E-state index in [2.05, 4.69) is 10.9 Å². The summed E-state index contributed by atoms with van der Waals surface area (Å²) in [5, 5.41) is 0.563. The van der Waals surface area contributed by atoms with Crippen molar-refractivity contribution in [1.29, 1.82) is 0 Å². The van der Waals surface area contributed by atoms with Crippen molar-refractivity contribution < 1.29 is 18.8 Å². The van der Waals surface area contributed by atoms with Gasteiger partial charge in [-0.2, -0.15) is 0 Å². The zero-order valence-corrected chi connectivity index (χ0v) is 14.6.